The number of nitrogens with two attached hydrogens (primary N) is 1. The molecule has 0 radical (unpaired) electrons. The first-order chi connectivity index (χ1) is 15.2. The molecule has 7 heteroatoms. The first-order valence-corrected chi connectivity index (χ1v) is 10.4. The van der Waals surface area contributed by atoms with Gasteiger partial charge < -0.3 is 20.1 Å². The normalized spacial score (nSPS) is 14.8. The fourth-order valence-corrected chi connectivity index (χ4v) is 3.67. The number of hydrogen-bond acceptors (Lipinski definition) is 6. The van der Waals surface area contributed by atoms with Crippen LogP contribution in [0.4, 0.5) is 0 Å². The van der Waals surface area contributed by atoms with Crippen LogP contribution in [0.5, 0.6) is 5.75 Å². The van der Waals surface area contributed by atoms with E-state index >= 15 is 0 Å². The SMILES string of the molecule is NCC(=O)N1CCOCCOc2ccc(-c3cncnc3)cc2Cc2cccc(c2)C1. The number of aromatic nitrogens is 2. The van der Waals surface area contributed by atoms with Crippen LogP contribution in [-0.2, 0) is 22.5 Å². The maximum atomic E-state index is 12.2. The minimum absolute atomic E-state index is 0.0118. The van der Waals surface area contributed by atoms with Crippen LogP contribution in [0, 0.1) is 0 Å². The van der Waals surface area contributed by atoms with Gasteiger partial charge in [-0.2, -0.15) is 0 Å². The molecule has 2 bridgehead atoms. The summed E-state index contributed by atoms with van der Waals surface area (Å²) in [5.41, 5.74) is 10.9. The monoisotopic (exact) mass is 418 g/mol. The second-order valence-electron chi connectivity index (χ2n) is 7.43. The van der Waals surface area contributed by atoms with Gasteiger partial charge in [0.1, 0.15) is 18.7 Å². The van der Waals surface area contributed by atoms with Gasteiger partial charge in [0, 0.05) is 37.5 Å². The second-order valence-corrected chi connectivity index (χ2v) is 7.43. The summed E-state index contributed by atoms with van der Waals surface area (Å²) in [5.74, 6) is 0.754. The Morgan fingerprint density at radius 3 is 2.68 bits per heavy atom. The van der Waals surface area contributed by atoms with E-state index in [2.05, 4.69) is 28.2 Å². The zero-order valence-electron chi connectivity index (χ0n) is 17.4. The van der Waals surface area contributed by atoms with Gasteiger partial charge in [-0.05, 0) is 34.4 Å². The fourth-order valence-electron chi connectivity index (χ4n) is 3.67. The molecular weight excluding hydrogens is 392 g/mol. The van der Waals surface area contributed by atoms with Gasteiger partial charge in [0.05, 0.1) is 19.8 Å². The minimum atomic E-state index is -0.0857. The van der Waals surface area contributed by atoms with E-state index in [1.165, 1.54) is 6.33 Å². The van der Waals surface area contributed by atoms with Crippen molar-refractivity contribution in [3.63, 3.8) is 0 Å². The maximum absolute atomic E-state index is 12.2. The van der Waals surface area contributed by atoms with Gasteiger partial charge in [0.15, 0.2) is 0 Å². The summed E-state index contributed by atoms with van der Waals surface area (Å²) >= 11 is 0. The molecule has 31 heavy (non-hydrogen) atoms. The third-order valence-electron chi connectivity index (χ3n) is 5.23. The average molecular weight is 418 g/mol. The van der Waals surface area contributed by atoms with Crippen molar-refractivity contribution in [1.82, 2.24) is 14.9 Å². The van der Waals surface area contributed by atoms with Crippen LogP contribution in [0.25, 0.3) is 11.1 Å². The molecule has 0 saturated heterocycles. The van der Waals surface area contributed by atoms with E-state index in [1.807, 2.05) is 24.3 Å². The van der Waals surface area contributed by atoms with E-state index in [9.17, 15) is 4.79 Å². The van der Waals surface area contributed by atoms with Gasteiger partial charge in [0.2, 0.25) is 5.91 Å². The Morgan fingerprint density at radius 1 is 1.00 bits per heavy atom. The highest BCUT2D eigenvalue weighted by molar-refractivity contribution is 5.78. The molecule has 0 spiro atoms. The lowest BCUT2D eigenvalue weighted by atomic mass is 9.98. The first-order valence-electron chi connectivity index (χ1n) is 10.4. The molecule has 2 aromatic carbocycles. The van der Waals surface area contributed by atoms with Crippen molar-refractivity contribution >= 4 is 5.91 Å². The number of rotatable bonds is 2. The topological polar surface area (TPSA) is 90.6 Å². The molecule has 2 heterocycles. The van der Waals surface area contributed by atoms with Crippen LogP contribution in [0.15, 0.2) is 61.2 Å². The lowest BCUT2D eigenvalue weighted by Crippen LogP contribution is -2.38. The summed E-state index contributed by atoms with van der Waals surface area (Å²) in [6.07, 6.45) is 5.83. The van der Waals surface area contributed by atoms with Gasteiger partial charge in [-0.15, -0.1) is 0 Å². The Kier molecular flexibility index (Phi) is 6.86. The predicted octanol–water partition coefficient (Wildman–Crippen LogP) is 2.43. The number of benzene rings is 2. The van der Waals surface area contributed by atoms with Gasteiger partial charge in [-0.3, -0.25) is 4.79 Å². The molecule has 4 rings (SSSR count). The Morgan fingerprint density at radius 2 is 1.84 bits per heavy atom. The zero-order valence-corrected chi connectivity index (χ0v) is 17.4. The van der Waals surface area contributed by atoms with E-state index in [0.29, 0.717) is 39.3 Å². The molecule has 1 aliphatic heterocycles. The molecule has 0 fully saturated rings. The van der Waals surface area contributed by atoms with E-state index in [4.69, 9.17) is 15.2 Å². The summed E-state index contributed by atoms with van der Waals surface area (Å²) in [6.45, 7) is 2.32. The molecule has 1 aliphatic rings. The number of hydrogen-bond donors (Lipinski definition) is 1. The van der Waals surface area contributed by atoms with E-state index in [-0.39, 0.29) is 12.5 Å². The van der Waals surface area contributed by atoms with Gasteiger partial charge >= 0.3 is 0 Å². The van der Waals surface area contributed by atoms with Crippen LogP contribution >= 0.6 is 0 Å². The fraction of sp³-hybridized carbons (Fsp3) is 0.292. The summed E-state index contributed by atoms with van der Waals surface area (Å²) in [7, 11) is 0. The summed E-state index contributed by atoms with van der Waals surface area (Å²) < 4.78 is 11.7. The number of carbonyl (C=O) groups is 1. The molecular formula is C24H26N4O3. The van der Waals surface area contributed by atoms with Gasteiger partial charge in [-0.1, -0.05) is 30.3 Å². The Labute approximate surface area is 181 Å². The van der Waals surface area contributed by atoms with Crippen LogP contribution in [-0.4, -0.2) is 53.7 Å². The quantitative estimate of drug-likeness (QED) is 0.687. The molecule has 0 atom stereocenters. The molecule has 0 unspecified atom stereocenters. The number of carbonyl (C=O) groups excluding carboxylic acids is 1. The second kappa shape index (κ2) is 10.1. The molecule has 160 valence electrons. The van der Waals surface area contributed by atoms with Crippen LogP contribution in [0.1, 0.15) is 16.7 Å². The smallest absolute Gasteiger partial charge is 0.236 e. The zero-order chi connectivity index (χ0) is 21.5. The predicted molar refractivity (Wildman–Crippen MR) is 118 cm³/mol. The van der Waals surface area contributed by atoms with E-state index in [1.54, 1.807) is 17.3 Å². The Balaban J connectivity index is 1.66. The minimum Gasteiger partial charge on any atom is -0.491 e. The Hall–Kier alpha value is -3.29. The van der Waals surface area contributed by atoms with Gasteiger partial charge in [-0.25, -0.2) is 9.97 Å². The molecule has 7 nitrogen and oxygen atoms in total. The standard InChI is InChI=1S/C24H26N4O3/c25-13-24(29)28-6-7-30-8-9-31-23-5-4-20(22-14-26-17-27-15-22)12-21(23)11-18-2-1-3-19(10-18)16-28/h1-5,10,12,14-15,17H,6-9,11,13,16,25H2. The van der Waals surface area contributed by atoms with Crippen molar-refractivity contribution in [2.75, 3.05) is 32.9 Å². The lowest BCUT2D eigenvalue weighted by Gasteiger charge is -2.23. The number of amides is 1. The van der Waals surface area contributed by atoms with Crippen molar-refractivity contribution in [2.45, 2.75) is 13.0 Å². The molecule has 3 aromatic rings. The summed E-state index contributed by atoms with van der Waals surface area (Å²) in [6, 6.07) is 14.4. The molecule has 0 aliphatic carbocycles. The van der Waals surface area contributed by atoms with Crippen LogP contribution in [0.2, 0.25) is 0 Å². The highest BCUT2D eigenvalue weighted by atomic mass is 16.5. The summed E-state index contributed by atoms with van der Waals surface area (Å²) in [4.78, 5) is 22.2. The summed E-state index contributed by atoms with van der Waals surface area (Å²) in [5, 5.41) is 0. The third-order valence-corrected chi connectivity index (χ3v) is 5.23. The average Bonchev–Trinajstić information content (AvgIpc) is 2.81. The van der Waals surface area contributed by atoms with E-state index < -0.39 is 0 Å². The van der Waals surface area contributed by atoms with Crippen molar-refractivity contribution in [2.24, 2.45) is 5.73 Å². The highest BCUT2D eigenvalue weighted by Crippen LogP contribution is 2.28. The van der Waals surface area contributed by atoms with Crippen molar-refractivity contribution in [3.8, 4) is 16.9 Å². The largest absolute Gasteiger partial charge is 0.491 e. The lowest BCUT2D eigenvalue weighted by molar-refractivity contribution is -0.131. The Bertz CT molecular complexity index is 1030. The number of nitrogens with zero attached hydrogens (tertiary/aromatic N) is 3. The first kappa shape index (κ1) is 21.0. The number of fused-ring (bicyclic) bond motifs is 3. The number of ether oxygens (including phenoxy) is 2. The molecule has 0 saturated carbocycles. The molecule has 2 N–H and O–H groups in total. The van der Waals surface area contributed by atoms with Crippen LogP contribution in [0.3, 0.4) is 0 Å². The van der Waals surface area contributed by atoms with Crippen LogP contribution < -0.4 is 10.5 Å². The third kappa shape index (κ3) is 5.45. The highest BCUT2D eigenvalue weighted by Gasteiger charge is 2.14. The van der Waals surface area contributed by atoms with Crippen molar-refractivity contribution < 1.29 is 14.3 Å². The van der Waals surface area contributed by atoms with Crippen molar-refractivity contribution in [1.29, 1.82) is 0 Å². The van der Waals surface area contributed by atoms with Crippen molar-refractivity contribution in [3.05, 3.63) is 77.9 Å². The van der Waals surface area contributed by atoms with E-state index in [0.717, 1.165) is 33.6 Å². The maximum Gasteiger partial charge on any atom is 0.236 e. The molecule has 1 aromatic heterocycles. The molecule has 1 amide bonds. The van der Waals surface area contributed by atoms with Gasteiger partial charge in [0.25, 0.3) is 0 Å².